The van der Waals surface area contributed by atoms with E-state index in [1.165, 1.54) is 0 Å². The molecule has 1 aliphatic heterocycles. The maximum absolute atomic E-state index is 12.3. The van der Waals surface area contributed by atoms with Gasteiger partial charge < -0.3 is 14.8 Å². The Labute approximate surface area is 123 Å². The molecule has 0 spiro atoms. The second-order valence-corrected chi connectivity index (χ2v) is 5.80. The van der Waals surface area contributed by atoms with Gasteiger partial charge >= 0.3 is 0 Å². The fourth-order valence-electron chi connectivity index (χ4n) is 2.68. The van der Waals surface area contributed by atoms with Crippen LogP contribution in [0.3, 0.4) is 0 Å². The normalized spacial score (nSPS) is 25.1. The summed E-state index contributed by atoms with van der Waals surface area (Å²) in [6.07, 6.45) is 4.18. The van der Waals surface area contributed by atoms with E-state index >= 15 is 0 Å². The maximum atomic E-state index is 12.3. The minimum absolute atomic E-state index is 0.0323. The zero-order valence-electron chi connectivity index (χ0n) is 11.2. The average molecular weight is 296 g/mol. The molecule has 0 bridgehead atoms. The van der Waals surface area contributed by atoms with Crippen molar-refractivity contribution in [2.24, 2.45) is 0 Å². The van der Waals surface area contributed by atoms with Crippen LogP contribution in [-0.2, 0) is 0 Å². The molecule has 2 atom stereocenters. The smallest absolute Gasteiger partial charge is 0.251 e. The lowest BCUT2D eigenvalue weighted by molar-refractivity contribution is 0.0927. The Hall–Kier alpha value is -1.42. The molecule has 4 nitrogen and oxygen atoms in total. The van der Waals surface area contributed by atoms with Crippen LogP contribution in [-0.4, -0.2) is 30.5 Å². The molecule has 0 saturated heterocycles. The Kier molecular flexibility index (Phi) is 4.01. The van der Waals surface area contributed by atoms with E-state index in [0.717, 1.165) is 25.7 Å². The molecule has 2 aliphatic rings. The number of rotatable bonds is 2. The Morgan fingerprint density at radius 1 is 1.15 bits per heavy atom. The van der Waals surface area contributed by atoms with E-state index in [0.29, 0.717) is 30.3 Å². The number of carbonyl (C=O) groups excluding carboxylic acids is 1. The van der Waals surface area contributed by atoms with Crippen molar-refractivity contribution in [1.29, 1.82) is 0 Å². The van der Waals surface area contributed by atoms with Crippen LogP contribution in [0.1, 0.15) is 36.0 Å². The molecule has 1 fully saturated rings. The first-order valence-corrected chi connectivity index (χ1v) is 7.52. The second-order valence-electron chi connectivity index (χ2n) is 5.24. The number of fused-ring (bicyclic) bond motifs is 1. The predicted octanol–water partition coefficient (Wildman–Crippen LogP) is 2.74. The molecule has 5 heteroatoms. The standard InChI is InChI=1S/C15H18ClNO3/c16-11-3-1-2-4-12(11)17-15(18)10-5-6-13-14(9-10)20-8-7-19-13/h5-6,9,11-12H,1-4,7-8H2,(H,17,18). The molecule has 2 unspecified atom stereocenters. The molecule has 3 rings (SSSR count). The number of amides is 1. The molecule has 1 aromatic rings. The third-order valence-corrected chi connectivity index (χ3v) is 4.32. The number of halogens is 1. The van der Waals surface area contributed by atoms with Crippen LogP contribution in [0.15, 0.2) is 18.2 Å². The zero-order valence-corrected chi connectivity index (χ0v) is 12.0. The molecule has 1 amide bonds. The van der Waals surface area contributed by atoms with Gasteiger partial charge in [0.25, 0.3) is 5.91 Å². The summed E-state index contributed by atoms with van der Waals surface area (Å²) in [5.74, 6) is 1.23. The Balaban J connectivity index is 1.70. The van der Waals surface area contributed by atoms with Crippen molar-refractivity contribution >= 4 is 17.5 Å². The minimum atomic E-state index is -0.0977. The van der Waals surface area contributed by atoms with Gasteiger partial charge in [-0.25, -0.2) is 0 Å². The third kappa shape index (κ3) is 2.85. The average Bonchev–Trinajstić information content (AvgIpc) is 2.49. The molecular formula is C15H18ClNO3. The SMILES string of the molecule is O=C(NC1CCCCC1Cl)c1ccc2c(c1)OCCO2. The lowest BCUT2D eigenvalue weighted by atomic mass is 9.94. The quantitative estimate of drug-likeness (QED) is 0.854. The Morgan fingerprint density at radius 3 is 2.70 bits per heavy atom. The van der Waals surface area contributed by atoms with Crippen LogP contribution >= 0.6 is 11.6 Å². The first-order valence-electron chi connectivity index (χ1n) is 7.08. The van der Waals surface area contributed by atoms with E-state index in [4.69, 9.17) is 21.1 Å². The number of alkyl halides is 1. The van der Waals surface area contributed by atoms with Crippen LogP contribution in [0.4, 0.5) is 0 Å². The van der Waals surface area contributed by atoms with Crippen molar-refractivity contribution in [1.82, 2.24) is 5.32 Å². The topological polar surface area (TPSA) is 47.6 Å². The summed E-state index contributed by atoms with van der Waals surface area (Å²) in [5, 5.41) is 3.06. The van der Waals surface area contributed by atoms with Crippen molar-refractivity contribution in [2.45, 2.75) is 37.1 Å². The number of hydrogen-bond acceptors (Lipinski definition) is 3. The van der Waals surface area contributed by atoms with Gasteiger partial charge in [0.05, 0.1) is 5.38 Å². The van der Waals surface area contributed by atoms with Gasteiger partial charge in [0.2, 0.25) is 0 Å². The predicted molar refractivity (Wildman–Crippen MR) is 76.8 cm³/mol. The lowest BCUT2D eigenvalue weighted by Gasteiger charge is -2.28. The number of carbonyl (C=O) groups is 1. The number of hydrogen-bond donors (Lipinski definition) is 1. The lowest BCUT2D eigenvalue weighted by Crippen LogP contribution is -2.42. The Bertz CT molecular complexity index is 506. The van der Waals surface area contributed by atoms with Gasteiger partial charge in [-0.3, -0.25) is 4.79 Å². The fraction of sp³-hybridized carbons (Fsp3) is 0.533. The largest absolute Gasteiger partial charge is 0.486 e. The van der Waals surface area contributed by atoms with Crippen LogP contribution in [0.25, 0.3) is 0 Å². The molecule has 108 valence electrons. The van der Waals surface area contributed by atoms with Crippen LogP contribution in [0.5, 0.6) is 11.5 Å². The molecule has 0 radical (unpaired) electrons. The first kappa shape index (κ1) is 13.6. The number of nitrogens with one attached hydrogen (secondary N) is 1. The Morgan fingerprint density at radius 2 is 1.90 bits per heavy atom. The summed E-state index contributed by atoms with van der Waals surface area (Å²) in [6.45, 7) is 1.07. The molecule has 1 aliphatic carbocycles. The summed E-state index contributed by atoms with van der Waals surface area (Å²) < 4.78 is 10.9. The van der Waals surface area contributed by atoms with Crippen molar-refractivity contribution in [3.05, 3.63) is 23.8 Å². The van der Waals surface area contributed by atoms with E-state index < -0.39 is 0 Å². The van der Waals surface area contributed by atoms with Gasteiger partial charge in [0.15, 0.2) is 11.5 Å². The van der Waals surface area contributed by atoms with Gasteiger partial charge in [-0.2, -0.15) is 0 Å². The van der Waals surface area contributed by atoms with E-state index in [9.17, 15) is 4.79 Å². The summed E-state index contributed by atoms with van der Waals surface area (Å²) in [7, 11) is 0. The van der Waals surface area contributed by atoms with E-state index in [1.54, 1.807) is 18.2 Å². The fourth-order valence-corrected chi connectivity index (χ4v) is 3.03. The summed E-state index contributed by atoms with van der Waals surface area (Å²) in [5.41, 5.74) is 0.587. The zero-order chi connectivity index (χ0) is 13.9. The molecule has 20 heavy (non-hydrogen) atoms. The summed E-state index contributed by atoms with van der Waals surface area (Å²) in [6, 6.07) is 5.33. The van der Waals surface area contributed by atoms with Gasteiger partial charge in [-0.1, -0.05) is 12.8 Å². The summed E-state index contributed by atoms with van der Waals surface area (Å²) >= 11 is 6.27. The highest BCUT2D eigenvalue weighted by Crippen LogP contribution is 2.31. The maximum Gasteiger partial charge on any atom is 0.251 e. The van der Waals surface area contributed by atoms with Crippen molar-refractivity contribution < 1.29 is 14.3 Å². The van der Waals surface area contributed by atoms with Gasteiger partial charge in [0.1, 0.15) is 13.2 Å². The van der Waals surface area contributed by atoms with Crippen molar-refractivity contribution in [3.63, 3.8) is 0 Å². The molecule has 1 heterocycles. The van der Waals surface area contributed by atoms with E-state index in [1.807, 2.05) is 0 Å². The van der Waals surface area contributed by atoms with Crippen LogP contribution in [0, 0.1) is 0 Å². The van der Waals surface area contributed by atoms with Gasteiger partial charge in [-0.15, -0.1) is 11.6 Å². The van der Waals surface area contributed by atoms with E-state index in [-0.39, 0.29) is 17.3 Å². The highest BCUT2D eigenvalue weighted by atomic mass is 35.5. The van der Waals surface area contributed by atoms with Crippen molar-refractivity contribution in [2.75, 3.05) is 13.2 Å². The van der Waals surface area contributed by atoms with Gasteiger partial charge in [-0.05, 0) is 31.0 Å². The third-order valence-electron chi connectivity index (χ3n) is 3.80. The van der Waals surface area contributed by atoms with Crippen molar-refractivity contribution in [3.8, 4) is 11.5 Å². The second kappa shape index (κ2) is 5.92. The monoisotopic (exact) mass is 295 g/mol. The highest BCUT2D eigenvalue weighted by molar-refractivity contribution is 6.21. The molecule has 1 N–H and O–H groups in total. The molecule has 1 saturated carbocycles. The molecule has 0 aromatic heterocycles. The number of ether oxygens (including phenoxy) is 2. The highest BCUT2D eigenvalue weighted by Gasteiger charge is 2.25. The molecular weight excluding hydrogens is 278 g/mol. The first-order chi connectivity index (χ1) is 9.74. The van der Waals surface area contributed by atoms with E-state index in [2.05, 4.69) is 5.32 Å². The van der Waals surface area contributed by atoms with Gasteiger partial charge in [0, 0.05) is 11.6 Å². The number of benzene rings is 1. The molecule has 1 aromatic carbocycles. The minimum Gasteiger partial charge on any atom is -0.486 e. The van der Waals surface area contributed by atoms with Crippen LogP contribution < -0.4 is 14.8 Å². The van der Waals surface area contributed by atoms with Crippen LogP contribution in [0.2, 0.25) is 0 Å². The summed E-state index contributed by atoms with van der Waals surface area (Å²) in [4.78, 5) is 12.3.